The lowest BCUT2D eigenvalue weighted by Gasteiger charge is -2.44. The van der Waals surface area contributed by atoms with Crippen molar-refractivity contribution >= 4 is 0 Å². The third kappa shape index (κ3) is 4.75. The van der Waals surface area contributed by atoms with Crippen LogP contribution in [0.15, 0.2) is 0 Å². The zero-order chi connectivity index (χ0) is 20.5. The van der Waals surface area contributed by atoms with Gasteiger partial charge in [0.15, 0.2) is 0 Å². The van der Waals surface area contributed by atoms with Gasteiger partial charge in [-0.1, -0.05) is 20.8 Å². The van der Waals surface area contributed by atoms with Gasteiger partial charge in [0.25, 0.3) is 5.92 Å². The van der Waals surface area contributed by atoms with Crippen LogP contribution in [0.25, 0.3) is 0 Å². The molecule has 0 aromatic heterocycles. The average Bonchev–Trinajstić information content (AvgIpc) is 2.44. The van der Waals surface area contributed by atoms with E-state index < -0.39 is 54.5 Å². The number of halogens is 8. The van der Waals surface area contributed by atoms with Crippen LogP contribution >= 0.6 is 0 Å². The molecule has 0 spiro atoms. The molecular formula is C15H24F8O2. The molecule has 0 N–H and O–H groups in total. The van der Waals surface area contributed by atoms with Gasteiger partial charge in [-0.15, -0.1) is 0 Å². The first-order valence-corrected chi connectivity index (χ1v) is 7.76. The number of rotatable bonds is 10. The largest absolute Gasteiger partial charge is 0.423 e. The number of hydrogen-bond donors (Lipinski definition) is 0. The molecule has 0 aliphatic rings. The van der Waals surface area contributed by atoms with Crippen LogP contribution in [0.4, 0.5) is 35.1 Å². The Bertz CT molecular complexity index is 451. The first-order valence-electron chi connectivity index (χ1n) is 7.76. The number of hydrogen-bond acceptors (Lipinski definition) is 2. The molecular weight excluding hydrogens is 364 g/mol. The SMILES string of the molecule is CCC(F)(F)OC(C)(C)C(F)(F)C(F)(F)OC(C)(CC)C(F)(F)CC. The Kier molecular flexibility index (Phi) is 6.99. The molecule has 10 heteroatoms. The van der Waals surface area contributed by atoms with Crippen LogP contribution in [0, 0.1) is 0 Å². The molecule has 152 valence electrons. The fourth-order valence-electron chi connectivity index (χ4n) is 1.99. The van der Waals surface area contributed by atoms with E-state index in [4.69, 9.17) is 0 Å². The van der Waals surface area contributed by atoms with Crippen molar-refractivity contribution in [1.82, 2.24) is 0 Å². The predicted octanol–water partition coefficient (Wildman–Crippen LogP) is 6.24. The smallest absolute Gasteiger partial charge is 0.308 e. The molecule has 0 rings (SSSR count). The maximum Gasteiger partial charge on any atom is 0.423 e. The van der Waals surface area contributed by atoms with E-state index in [0.29, 0.717) is 20.8 Å². The summed E-state index contributed by atoms with van der Waals surface area (Å²) in [6.07, 6.45) is -12.3. The van der Waals surface area contributed by atoms with Crippen molar-refractivity contribution in [2.24, 2.45) is 0 Å². The van der Waals surface area contributed by atoms with E-state index in [1.807, 2.05) is 0 Å². The van der Waals surface area contributed by atoms with E-state index in [1.54, 1.807) is 0 Å². The van der Waals surface area contributed by atoms with Crippen LogP contribution in [0.5, 0.6) is 0 Å². The minimum atomic E-state index is -5.48. The Hall–Kier alpha value is -0.640. The molecule has 0 radical (unpaired) electrons. The summed E-state index contributed by atoms with van der Waals surface area (Å²) in [5.41, 5.74) is -6.33. The molecule has 1 atom stereocenters. The molecule has 25 heavy (non-hydrogen) atoms. The van der Waals surface area contributed by atoms with E-state index in [2.05, 4.69) is 9.47 Å². The minimum Gasteiger partial charge on any atom is -0.308 e. The molecule has 0 aliphatic carbocycles. The van der Waals surface area contributed by atoms with E-state index >= 15 is 0 Å². The first kappa shape index (κ1) is 24.4. The Labute approximate surface area is 141 Å². The highest BCUT2D eigenvalue weighted by Crippen LogP contribution is 2.51. The highest BCUT2D eigenvalue weighted by molar-refractivity contribution is 4.98. The Balaban J connectivity index is 5.81. The van der Waals surface area contributed by atoms with Crippen molar-refractivity contribution in [2.75, 3.05) is 0 Å². The summed E-state index contributed by atoms with van der Waals surface area (Å²) in [6.45, 7) is 4.13. The Morgan fingerprint density at radius 2 is 1.08 bits per heavy atom. The first-order chi connectivity index (χ1) is 10.8. The van der Waals surface area contributed by atoms with Gasteiger partial charge in [0, 0.05) is 12.8 Å². The van der Waals surface area contributed by atoms with Gasteiger partial charge >= 0.3 is 18.1 Å². The molecule has 0 aromatic rings. The second-order valence-corrected chi connectivity index (χ2v) is 6.44. The molecule has 2 nitrogen and oxygen atoms in total. The lowest BCUT2D eigenvalue weighted by Crippen LogP contribution is -2.63. The van der Waals surface area contributed by atoms with Crippen molar-refractivity contribution < 1.29 is 44.6 Å². The third-order valence-corrected chi connectivity index (χ3v) is 4.18. The molecule has 1 unspecified atom stereocenters. The van der Waals surface area contributed by atoms with Gasteiger partial charge < -0.3 is 9.47 Å². The van der Waals surface area contributed by atoms with Gasteiger partial charge in [-0.2, -0.15) is 26.3 Å². The maximum absolute atomic E-state index is 14.2. The summed E-state index contributed by atoms with van der Waals surface area (Å²) in [5, 5.41) is 0. The fraction of sp³-hybridized carbons (Fsp3) is 1.00. The van der Waals surface area contributed by atoms with Crippen molar-refractivity contribution in [1.29, 1.82) is 0 Å². The average molecular weight is 388 g/mol. The molecule has 0 aromatic carbocycles. The molecule has 0 heterocycles. The second kappa shape index (κ2) is 7.17. The second-order valence-electron chi connectivity index (χ2n) is 6.44. The zero-order valence-corrected chi connectivity index (χ0v) is 15.0. The summed E-state index contributed by atoms with van der Waals surface area (Å²) in [5.74, 6) is -9.17. The summed E-state index contributed by atoms with van der Waals surface area (Å²) in [6, 6.07) is 0. The molecule has 0 saturated heterocycles. The summed E-state index contributed by atoms with van der Waals surface area (Å²) in [4.78, 5) is 0. The van der Waals surface area contributed by atoms with Gasteiger partial charge in [0.2, 0.25) is 0 Å². The fourth-order valence-corrected chi connectivity index (χ4v) is 1.99. The minimum absolute atomic E-state index is 0.315. The standard InChI is InChI=1S/C15H24F8O2/c1-7-11(6,12(16,17)8-2)25-15(22,23)14(20,21)10(4,5)24-13(18,19)9-3/h7-9H2,1-6H3. The summed E-state index contributed by atoms with van der Waals surface area (Å²) < 4.78 is 119. The third-order valence-electron chi connectivity index (χ3n) is 4.18. The van der Waals surface area contributed by atoms with Crippen molar-refractivity contribution in [3.8, 4) is 0 Å². The zero-order valence-electron chi connectivity index (χ0n) is 15.0. The quantitative estimate of drug-likeness (QED) is 0.412. The summed E-state index contributed by atoms with van der Waals surface area (Å²) in [7, 11) is 0. The van der Waals surface area contributed by atoms with Crippen LogP contribution in [-0.2, 0) is 9.47 Å². The van der Waals surface area contributed by atoms with Crippen LogP contribution in [0.3, 0.4) is 0 Å². The molecule has 0 bridgehead atoms. The maximum atomic E-state index is 14.2. The van der Waals surface area contributed by atoms with Crippen molar-refractivity contribution in [3.63, 3.8) is 0 Å². The van der Waals surface area contributed by atoms with Crippen LogP contribution in [0.1, 0.15) is 60.8 Å². The highest BCUT2D eigenvalue weighted by atomic mass is 19.3. The highest BCUT2D eigenvalue weighted by Gasteiger charge is 2.71. The van der Waals surface area contributed by atoms with Gasteiger partial charge in [-0.05, 0) is 27.2 Å². The van der Waals surface area contributed by atoms with E-state index in [0.717, 1.165) is 20.8 Å². The van der Waals surface area contributed by atoms with E-state index in [9.17, 15) is 35.1 Å². The summed E-state index contributed by atoms with van der Waals surface area (Å²) >= 11 is 0. The predicted molar refractivity (Wildman–Crippen MR) is 75.3 cm³/mol. The number of ether oxygens (including phenoxy) is 2. The van der Waals surface area contributed by atoms with Crippen LogP contribution in [-0.4, -0.2) is 35.3 Å². The lowest BCUT2D eigenvalue weighted by molar-refractivity contribution is -0.446. The number of alkyl halides is 8. The van der Waals surface area contributed by atoms with Gasteiger partial charge in [-0.3, -0.25) is 0 Å². The molecule has 0 aliphatic heterocycles. The Morgan fingerprint density at radius 3 is 1.40 bits per heavy atom. The van der Waals surface area contributed by atoms with E-state index in [-0.39, 0.29) is 0 Å². The van der Waals surface area contributed by atoms with Gasteiger partial charge in [-0.25, -0.2) is 8.78 Å². The van der Waals surface area contributed by atoms with Gasteiger partial charge in [0.05, 0.1) is 0 Å². The van der Waals surface area contributed by atoms with Gasteiger partial charge in [0.1, 0.15) is 11.2 Å². The molecule has 0 fully saturated rings. The van der Waals surface area contributed by atoms with Crippen molar-refractivity contribution in [2.45, 2.75) is 96.1 Å². The lowest BCUT2D eigenvalue weighted by atomic mass is 9.91. The van der Waals surface area contributed by atoms with E-state index in [1.165, 1.54) is 0 Å². The van der Waals surface area contributed by atoms with Crippen LogP contribution in [0.2, 0.25) is 0 Å². The Morgan fingerprint density at radius 1 is 0.640 bits per heavy atom. The molecule has 0 saturated carbocycles. The topological polar surface area (TPSA) is 18.5 Å². The van der Waals surface area contributed by atoms with Crippen LogP contribution < -0.4 is 0 Å². The molecule has 0 amide bonds. The monoisotopic (exact) mass is 388 g/mol. The normalized spacial score (nSPS) is 17.5. The van der Waals surface area contributed by atoms with Crippen molar-refractivity contribution in [3.05, 3.63) is 0 Å².